The molecule has 0 amide bonds. The molecule has 0 unspecified atom stereocenters. The van der Waals surface area contributed by atoms with Crippen LogP contribution in [0.25, 0.3) is 11.5 Å². The summed E-state index contributed by atoms with van der Waals surface area (Å²) >= 11 is 5.90. The van der Waals surface area contributed by atoms with Crippen molar-refractivity contribution in [3.8, 4) is 11.5 Å². The number of hydrogen-bond acceptors (Lipinski definition) is 8. The molecule has 0 aliphatic heterocycles. The van der Waals surface area contributed by atoms with E-state index in [1.807, 2.05) is 36.6 Å². The minimum absolute atomic E-state index is 0.185. The maximum absolute atomic E-state index is 13.4. The topological polar surface area (TPSA) is 113 Å². The largest absolute Gasteiger partial charge is 0.366 e. The van der Waals surface area contributed by atoms with Crippen LogP contribution in [0.5, 0.6) is 0 Å². The summed E-state index contributed by atoms with van der Waals surface area (Å²) in [6.07, 6.45) is 5.40. The first kappa shape index (κ1) is 22.8. The fourth-order valence-corrected chi connectivity index (χ4v) is 4.93. The Morgan fingerprint density at radius 3 is 2.44 bits per heavy atom. The molecule has 1 aliphatic carbocycles. The molecule has 11 heteroatoms. The molecular weight excluding hydrogens is 452 g/mol. The summed E-state index contributed by atoms with van der Waals surface area (Å²) in [6.45, 7) is 5.29. The zero-order valence-electron chi connectivity index (χ0n) is 18.1. The molecule has 0 spiro atoms. The van der Waals surface area contributed by atoms with Gasteiger partial charge in [0.25, 0.3) is 0 Å². The molecule has 0 aromatic carbocycles. The predicted molar refractivity (Wildman–Crippen MR) is 120 cm³/mol. The molecule has 170 valence electrons. The molecule has 0 bridgehead atoms. The zero-order valence-corrected chi connectivity index (χ0v) is 19.7. The van der Waals surface area contributed by atoms with Crippen molar-refractivity contribution in [2.24, 2.45) is 0 Å². The highest BCUT2D eigenvalue weighted by molar-refractivity contribution is 7.91. The van der Waals surface area contributed by atoms with Gasteiger partial charge in [-0.05, 0) is 45.7 Å². The Morgan fingerprint density at radius 2 is 1.84 bits per heavy atom. The SMILES string of the molecule is CC(C)O[C@@H](c1ncc(Cl)cn1)[C@H](C)S(=O)(=O)Cc1nnc(-c2ccccn2)n1C1CC1. The molecule has 0 N–H and O–H groups in total. The third kappa shape index (κ3) is 4.97. The van der Waals surface area contributed by atoms with E-state index in [1.54, 1.807) is 13.1 Å². The number of halogens is 1. The highest BCUT2D eigenvalue weighted by atomic mass is 35.5. The molecule has 1 aliphatic rings. The lowest BCUT2D eigenvalue weighted by molar-refractivity contribution is 0.00143. The number of nitrogens with zero attached hydrogens (tertiary/aromatic N) is 6. The van der Waals surface area contributed by atoms with Gasteiger partial charge in [0.1, 0.15) is 23.4 Å². The van der Waals surface area contributed by atoms with Gasteiger partial charge in [0.05, 0.1) is 16.4 Å². The molecule has 0 saturated heterocycles. The molecule has 32 heavy (non-hydrogen) atoms. The molecule has 2 atom stereocenters. The van der Waals surface area contributed by atoms with E-state index < -0.39 is 21.2 Å². The van der Waals surface area contributed by atoms with Crippen LogP contribution in [0.2, 0.25) is 5.02 Å². The molecule has 1 fully saturated rings. The summed E-state index contributed by atoms with van der Waals surface area (Å²) in [5.41, 5.74) is 0.666. The van der Waals surface area contributed by atoms with Crippen molar-refractivity contribution in [1.82, 2.24) is 29.7 Å². The van der Waals surface area contributed by atoms with Gasteiger partial charge in [0.2, 0.25) is 0 Å². The van der Waals surface area contributed by atoms with Gasteiger partial charge in [0.15, 0.2) is 21.5 Å². The summed E-state index contributed by atoms with van der Waals surface area (Å²) in [4.78, 5) is 12.8. The lowest BCUT2D eigenvalue weighted by Gasteiger charge is -2.25. The second-order valence-electron chi connectivity index (χ2n) is 8.13. The number of aromatic nitrogens is 6. The lowest BCUT2D eigenvalue weighted by atomic mass is 10.2. The number of rotatable bonds is 9. The van der Waals surface area contributed by atoms with Gasteiger partial charge in [-0.15, -0.1) is 10.2 Å². The number of ether oxygens (including phenoxy) is 1. The average Bonchev–Trinajstić information content (AvgIpc) is 3.52. The highest BCUT2D eigenvalue weighted by Gasteiger charge is 2.37. The van der Waals surface area contributed by atoms with Crippen molar-refractivity contribution in [3.05, 3.63) is 53.5 Å². The van der Waals surface area contributed by atoms with Crippen molar-refractivity contribution < 1.29 is 13.2 Å². The Balaban J connectivity index is 1.64. The van der Waals surface area contributed by atoms with Gasteiger partial charge in [-0.2, -0.15) is 0 Å². The molecular formula is C21H25ClN6O3S. The zero-order chi connectivity index (χ0) is 22.9. The van der Waals surface area contributed by atoms with Gasteiger partial charge in [0, 0.05) is 24.6 Å². The van der Waals surface area contributed by atoms with E-state index >= 15 is 0 Å². The van der Waals surface area contributed by atoms with Crippen molar-refractivity contribution in [2.75, 3.05) is 0 Å². The van der Waals surface area contributed by atoms with Crippen LogP contribution < -0.4 is 0 Å². The van der Waals surface area contributed by atoms with E-state index in [1.165, 1.54) is 12.4 Å². The second-order valence-corrected chi connectivity index (χ2v) is 10.9. The van der Waals surface area contributed by atoms with Gasteiger partial charge in [-0.1, -0.05) is 17.7 Å². The summed E-state index contributed by atoms with van der Waals surface area (Å²) in [7, 11) is -3.70. The summed E-state index contributed by atoms with van der Waals surface area (Å²) < 4.78 is 34.7. The maximum atomic E-state index is 13.4. The van der Waals surface area contributed by atoms with E-state index in [9.17, 15) is 8.42 Å². The fourth-order valence-electron chi connectivity index (χ4n) is 3.45. The fraction of sp³-hybridized carbons (Fsp3) is 0.476. The Labute approximate surface area is 192 Å². The first-order chi connectivity index (χ1) is 15.3. The summed E-state index contributed by atoms with van der Waals surface area (Å²) in [5.74, 6) is 0.995. The molecule has 1 saturated carbocycles. The Hall–Kier alpha value is -2.43. The molecule has 4 rings (SSSR count). The quantitative estimate of drug-likeness (QED) is 0.460. The first-order valence-electron chi connectivity index (χ1n) is 10.5. The highest BCUT2D eigenvalue weighted by Crippen LogP contribution is 2.39. The Morgan fingerprint density at radius 1 is 1.12 bits per heavy atom. The van der Waals surface area contributed by atoms with Crippen molar-refractivity contribution in [3.63, 3.8) is 0 Å². The third-order valence-electron chi connectivity index (χ3n) is 5.21. The van der Waals surface area contributed by atoms with Crippen LogP contribution in [0, 0.1) is 0 Å². The summed E-state index contributed by atoms with van der Waals surface area (Å²) in [6, 6.07) is 5.72. The molecule has 3 aromatic heterocycles. The normalized spacial score (nSPS) is 16.3. The lowest BCUT2D eigenvalue weighted by Crippen LogP contribution is -2.32. The third-order valence-corrected chi connectivity index (χ3v) is 7.44. The number of hydrogen-bond donors (Lipinski definition) is 0. The number of sulfone groups is 1. The van der Waals surface area contributed by atoms with Crippen LogP contribution >= 0.6 is 11.6 Å². The van der Waals surface area contributed by atoms with Crippen LogP contribution in [0.1, 0.15) is 57.4 Å². The average molecular weight is 477 g/mol. The maximum Gasteiger partial charge on any atom is 0.182 e. The second kappa shape index (κ2) is 9.21. The van der Waals surface area contributed by atoms with E-state index in [0.29, 0.717) is 22.4 Å². The first-order valence-corrected chi connectivity index (χ1v) is 12.5. The van der Waals surface area contributed by atoms with Crippen molar-refractivity contribution >= 4 is 21.4 Å². The standard InChI is InChI=1S/C21H25ClN6O3S/c1-13(2)31-19(20-24-10-15(22)11-25-20)14(3)32(29,30)12-18-26-27-21(28(18)16-7-8-16)17-6-4-5-9-23-17/h4-6,9-11,13-14,16,19H,7-8,12H2,1-3H3/t14-,19+/m0/s1. The minimum atomic E-state index is -3.70. The van der Waals surface area contributed by atoms with Gasteiger partial charge in [-0.3, -0.25) is 4.98 Å². The van der Waals surface area contributed by atoms with E-state index in [0.717, 1.165) is 12.8 Å². The van der Waals surface area contributed by atoms with Gasteiger partial charge < -0.3 is 9.30 Å². The monoisotopic (exact) mass is 476 g/mol. The van der Waals surface area contributed by atoms with Crippen LogP contribution in [0.3, 0.4) is 0 Å². The van der Waals surface area contributed by atoms with Crippen LogP contribution in [-0.2, 0) is 20.3 Å². The Bertz CT molecular complexity index is 1160. The molecule has 0 radical (unpaired) electrons. The van der Waals surface area contributed by atoms with E-state index in [2.05, 4.69) is 25.1 Å². The van der Waals surface area contributed by atoms with Crippen LogP contribution in [0.4, 0.5) is 0 Å². The van der Waals surface area contributed by atoms with E-state index in [4.69, 9.17) is 16.3 Å². The van der Waals surface area contributed by atoms with Gasteiger partial charge in [-0.25, -0.2) is 18.4 Å². The van der Waals surface area contributed by atoms with Crippen LogP contribution in [-0.4, -0.2) is 49.5 Å². The van der Waals surface area contributed by atoms with Crippen LogP contribution in [0.15, 0.2) is 36.8 Å². The Kier molecular flexibility index (Phi) is 6.55. The smallest absolute Gasteiger partial charge is 0.182 e. The number of pyridine rings is 1. The van der Waals surface area contributed by atoms with Crippen molar-refractivity contribution in [1.29, 1.82) is 0 Å². The van der Waals surface area contributed by atoms with Crippen molar-refractivity contribution in [2.45, 2.75) is 62.9 Å². The van der Waals surface area contributed by atoms with Gasteiger partial charge >= 0.3 is 0 Å². The molecule has 9 nitrogen and oxygen atoms in total. The predicted octanol–water partition coefficient (Wildman–Crippen LogP) is 3.59. The van der Waals surface area contributed by atoms with E-state index in [-0.39, 0.29) is 23.7 Å². The minimum Gasteiger partial charge on any atom is -0.366 e. The molecule has 3 heterocycles. The summed E-state index contributed by atoms with van der Waals surface area (Å²) in [5, 5.41) is 7.96. The molecule has 3 aromatic rings.